The number of methoxy groups -OCH3 is 1. The Morgan fingerprint density at radius 1 is 1.42 bits per heavy atom. The summed E-state index contributed by atoms with van der Waals surface area (Å²) >= 11 is 6.18. The molecule has 3 nitrogen and oxygen atoms in total. The third-order valence-electron chi connectivity index (χ3n) is 4.11. The molecule has 1 aliphatic heterocycles. The molecule has 0 saturated carbocycles. The van der Waals surface area contributed by atoms with Gasteiger partial charge >= 0.3 is 0 Å². The third kappa shape index (κ3) is 3.41. The van der Waals surface area contributed by atoms with Crippen molar-refractivity contribution < 1.29 is 9.84 Å². The van der Waals surface area contributed by atoms with Crippen molar-refractivity contribution in [3.8, 4) is 5.75 Å². The zero-order valence-electron chi connectivity index (χ0n) is 11.6. The highest BCUT2D eigenvalue weighted by molar-refractivity contribution is 6.32. The van der Waals surface area contributed by atoms with Crippen LogP contribution < -0.4 is 4.74 Å². The largest absolute Gasteiger partial charge is 0.495 e. The van der Waals surface area contributed by atoms with Gasteiger partial charge in [-0.1, -0.05) is 17.7 Å². The lowest BCUT2D eigenvalue weighted by Crippen LogP contribution is -2.36. The highest BCUT2D eigenvalue weighted by Gasteiger charge is 2.23. The van der Waals surface area contributed by atoms with E-state index in [2.05, 4.69) is 17.9 Å². The lowest BCUT2D eigenvalue weighted by atomic mass is 9.95. The van der Waals surface area contributed by atoms with Crippen molar-refractivity contribution in [3.63, 3.8) is 0 Å². The van der Waals surface area contributed by atoms with Crippen LogP contribution in [0.3, 0.4) is 0 Å². The van der Waals surface area contributed by atoms with Gasteiger partial charge < -0.3 is 9.84 Å². The summed E-state index contributed by atoms with van der Waals surface area (Å²) in [6.07, 6.45) is 2.15. The van der Waals surface area contributed by atoms with Gasteiger partial charge in [0.25, 0.3) is 0 Å². The van der Waals surface area contributed by atoms with Crippen molar-refractivity contribution in [2.75, 3.05) is 26.8 Å². The topological polar surface area (TPSA) is 32.7 Å². The summed E-state index contributed by atoms with van der Waals surface area (Å²) in [7, 11) is 1.63. The fourth-order valence-corrected chi connectivity index (χ4v) is 2.94. The minimum atomic E-state index is 0.316. The summed E-state index contributed by atoms with van der Waals surface area (Å²) in [5.74, 6) is 1.19. The number of benzene rings is 1. The van der Waals surface area contributed by atoms with E-state index in [0.717, 1.165) is 31.7 Å². The molecule has 106 valence electrons. The lowest BCUT2D eigenvalue weighted by Gasteiger charge is -2.35. The molecule has 1 aliphatic rings. The van der Waals surface area contributed by atoms with Crippen LogP contribution >= 0.6 is 11.6 Å². The van der Waals surface area contributed by atoms with E-state index in [4.69, 9.17) is 16.3 Å². The van der Waals surface area contributed by atoms with Gasteiger partial charge in [0, 0.05) is 12.6 Å². The van der Waals surface area contributed by atoms with Crippen LogP contribution in [0.2, 0.25) is 5.02 Å². The van der Waals surface area contributed by atoms with Gasteiger partial charge in [0.05, 0.1) is 12.1 Å². The van der Waals surface area contributed by atoms with Crippen molar-refractivity contribution in [1.29, 1.82) is 0 Å². The number of piperidine rings is 1. The van der Waals surface area contributed by atoms with E-state index in [1.54, 1.807) is 7.11 Å². The van der Waals surface area contributed by atoms with Gasteiger partial charge in [0.1, 0.15) is 5.75 Å². The molecule has 1 saturated heterocycles. The monoisotopic (exact) mass is 283 g/mol. The molecule has 1 aromatic rings. The number of halogens is 1. The molecule has 0 bridgehead atoms. The standard InChI is InChI=1S/C15H22ClNO2/c1-11(17-7-5-12(10-18)6-8-17)13-3-4-15(19-2)14(16)9-13/h3-4,9,11-12,18H,5-8,10H2,1-2H3. The van der Waals surface area contributed by atoms with Gasteiger partial charge in [-0.2, -0.15) is 0 Å². The molecule has 19 heavy (non-hydrogen) atoms. The summed E-state index contributed by atoms with van der Waals surface area (Å²) < 4.78 is 5.18. The van der Waals surface area contributed by atoms with Crippen molar-refractivity contribution in [2.24, 2.45) is 5.92 Å². The number of nitrogens with zero attached hydrogens (tertiary/aromatic N) is 1. The second-order valence-electron chi connectivity index (χ2n) is 5.23. The van der Waals surface area contributed by atoms with Gasteiger partial charge in [-0.3, -0.25) is 4.90 Å². The van der Waals surface area contributed by atoms with Crippen LogP contribution in [0.1, 0.15) is 31.4 Å². The predicted molar refractivity (Wildman–Crippen MR) is 77.8 cm³/mol. The molecule has 0 spiro atoms. The van der Waals surface area contributed by atoms with Crippen LogP contribution in [-0.2, 0) is 0 Å². The molecule has 1 unspecified atom stereocenters. The second kappa shape index (κ2) is 6.60. The fourth-order valence-electron chi connectivity index (χ4n) is 2.68. The molecule has 4 heteroatoms. The van der Waals surface area contributed by atoms with Crippen molar-refractivity contribution >= 4 is 11.6 Å². The van der Waals surface area contributed by atoms with Gasteiger partial charge in [-0.15, -0.1) is 0 Å². The van der Waals surface area contributed by atoms with Crippen molar-refractivity contribution in [1.82, 2.24) is 4.90 Å². The van der Waals surface area contributed by atoms with E-state index in [9.17, 15) is 5.11 Å². The molecule has 0 amide bonds. The minimum absolute atomic E-state index is 0.316. The maximum atomic E-state index is 9.18. The Hall–Kier alpha value is -0.770. The van der Waals surface area contributed by atoms with E-state index >= 15 is 0 Å². The normalized spacial score (nSPS) is 19.4. The molecule has 2 rings (SSSR count). The first-order valence-corrected chi connectivity index (χ1v) is 7.22. The molecule has 1 heterocycles. The average Bonchev–Trinajstić information content (AvgIpc) is 2.46. The molecule has 1 fully saturated rings. The van der Waals surface area contributed by atoms with Gasteiger partial charge in [-0.05, 0) is 56.5 Å². The smallest absolute Gasteiger partial charge is 0.137 e. The van der Waals surface area contributed by atoms with E-state index in [1.807, 2.05) is 12.1 Å². The molecule has 1 N–H and O–H groups in total. The number of aliphatic hydroxyl groups is 1. The Bertz CT molecular complexity index is 417. The van der Waals surface area contributed by atoms with Crippen LogP contribution in [0.4, 0.5) is 0 Å². The number of aliphatic hydroxyl groups excluding tert-OH is 1. The Kier molecular flexibility index (Phi) is 5.08. The first-order chi connectivity index (χ1) is 9.15. The van der Waals surface area contributed by atoms with E-state index in [0.29, 0.717) is 23.6 Å². The molecular formula is C15H22ClNO2. The number of rotatable bonds is 4. The molecule has 1 atom stereocenters. The zero-order valence-corrected chi connectivity index (χ0v) is 12.4. The molecule has 1 aromatic carbocycles. The van der Waals surface area contributed by atoms with E-state index < -0.39 is 0 Å². The summed E-state index contributed by atoms with van der Waals surface area (Å²) in [6, 6.07) is 6.34. The zero-order chi connectivity index (χ0) is 13.8. The maximum absolute atomic E-state index is 9.18. The van der Waals surface area contributed by atoms with Gasteiger partial charge in [-0.25, -0.2) is 0 Å². The predicted octanol–water partition coefficient (Wildman–Crippen LogP) is 3.11. The Morgan fingerprint density at radius 2 is 2.11 bits per heavy atom. The fraction of sp³-hybridized carbons (Fsp3) is 0.600. The van der Waals surface area contributed by atoms with Gasteiger partial charge in [0.2, 0.25) is 0 Å². The summed E-state index contributed by atoms with van der Waals surface area (Å²) in [5, 5.41) is 9.84. The number of ether oxygens (including phenoxy) is 1. The molecular weight excluding hydrogens is 262 g/mol. The summed E-state index contributed by atoms with van der Waals surface area (Å²) in [4.78, 5) is 2.45. The number of hydrogen-bond donors (Lipinski definition) is 1. The maximum Gasteiger partial charge on any atom is 0.137 e. The Morgan fingerprint density at radius 3 is 2.63 bits per heavy atom. The van der Waals surface area contributed by atoms with E-state index in [1.165, 1.54) is 5.56 Å². The van der Waals surface area contributed by atoms with Crippen LogP contribution in [0, 0.1) is 5.92 Å². The molecule has 0 aromatic heterocycles. The quantitative estimate of drug-likeness (QED) is 0.922. The van der Waals surface area contributed by atoms with Crippen LogP contribution in [-0.4, -0.2) is 36.8 Å². The van der Waals surface area contributed by atoms with Gasteiger partial charge in [0.15, 0.2) is 0 Å². The minimum Gasteiger partial charge on any atom is -0.495 e. The third-order valence-corrected chi connectivity index (χ3v) is 4.41. The first-order valence-electron chi connectivity index (χ1n) is 6.84. The van der Waals surface area contributed by atoms with Crippen LogP contribution in [0.25, 0.3) is 0 Å². The van der Waals surface area contributed by atoms with E-state index in [-0.39, 0.29) is 0 Å². The van der Waals surface area contributed by atoms with Crippen molar-refractivity contribution in [3.05, 3.63) is 28.8 Å². The highest BCUT2D eigenvalue weighted by atomic mass is 35.5. The average molecular weight is 284 g/mol. The van der Waals surface area contributed by atoms with Crippen LogP contribution in [0.15, 0.2) is 18.2 Å². The Balaban J connectivity index is 2.03. The SMILES string of the molecule is COc1ccc(C(C)N2CCC(CO)CC2)cc1Cl. The lowest BCUT2D eigenvalue weighted by molar-refractivity contribution is 0.106. The van der Waals surface area contributed by atoms with Crippen molar-refractivity contribution in [2.45, 2.75) is 25.8 Å². The number of hydrogen-bond acceptors (Lipinski definition) is 3. The summed E-state index contributed by atoms with van der Waals surface area (Å²) in [6.45, 7) is 4.60. The Labute approximate surface area is 120 Å². The highest BCUT2D eigenvalue weighted by Crippen LogP contribution is 2.31. The number of likely N-dealkylation sites (tertiary alicyclic amines) is 1. The summed E-state index contributed by atoms with van der Waals surface area (Å²) in [5.41, 5.74) is 1.22. The molecule has 0 aliphatic carbocycles. The second-order valence-corrected chi connectivity index (χ2v) is 5.64. The molecule has 0 radical (unpaired) electrons. The van der Waals surface area contributed by atoms with Crippen LogP contribution in [0.5, 0.6) is 5.75 Å². The first kappa shape index (κ1) is 14.6.